The molecule has 4 nitrogen and oxygen atoms in total. The molecule has 0 aliphatic carbocycles. The van der Waals surface area contributed by atoms with Crippen LogP contribution in [-0.2, 0) is 4.74 Å². The molecule has 1 amide bonds. The van der Waals surface area contributed by atoms with Crippen molar-refractivity contribution in [2.45, 2.75) is 6.92 Å². The van der Waals surface area contributed by atoms with E-state index in [1.807, 2.05) is 6.92 Å². The summed E-state index contributed by atoms with van der Waals surface area (Å²) in [4.78, 5) is 11.7. The molecule has 1 aromatic rings. The summed E-state index contributed by atoms with van der Waals surface area (Å²) in [5, 5.41) is 2.64. The highest BCUT2D eigenvalue weighted by Gasteiger charge is 2.09. The van der Waals surface area contributed by atoms with E-state index in [9.17, 15) is 9.18 Å². The van der Waals surface area contributed by atoms with E-state index < -0.39 is 5.82 Å². The van der Waals surface area contributed by atoms with Gasteiger partial charge in [-0.3, -0.25) is 4.79 Å². The number of nitrogens with one attached hydrogen (secondary N) is 1. The maximum absolute atomic E-state index is 13.4. The second-order valence-electron chi connectivity index (χ2n) is 4.11. The van der Waals surface area contributed by atoms with Gasteiger partial charge in [0.25, 0.3) is 5.91 Å². The average Bonchev–Trinajstić information content (AvgIpc) is 2.37. The van der Waals surface area contributed by atoms with Crippen molar-refractivity contribution in [1.82, 2.24) is 5.32 Å². The highest BCUT2D eigenvalue weighted by Crippen LogP contribution is 2.17. The minimum Gasteiger partial charge on any atom is -0.494 e. The SMILES string of the molecule is C=C(C)COCCNC(=O)c1ccc(OC)c(F)c1. The number of carbonyl (C=O) groups is 1. The van der Waals surface area contributed by atoms with Crippen molar-refractivity contribution < 1.29 is 18.7 Å². The first-order valence-electron chi connectivity index (χ1n) is 5.88. The zero-order chi connectivity index (χ0) is 14.3. The molecule has 1 rings (SSSR count). The molecule has 0 unspecified atom stereocenters. The van der Waals surface area contributed by atoms with Crippen LogP contribution in [-0.4, -0.2) is 32.8 Å². The molecule has 0 aromatic heterocycles. The van der Waals surface area contributed by atoms with E-state index in [1.54, 1.807) is 0 Å². The van der Waals surface area contributed by atoms with Crippen LogP contribution < -0.4 is 10.1 Å². The lowest BCUT2D eigenvalue weighted by Gasteiger charge is -2.07. The minimum absolute atomic E-state index is 0.112. The smallest absolute Gasteiger partial charge is 0.251 e. The molecule has 5 heteroatoms. The van der Waals surface area contributed by atoms with E-state index in [-0.39, 0.29) is 17.2 Å². The van der Waals surface area contributed by atoms with E-state index in [1.165, 1.54) is 19.2 Å². The van der Waals surface area contributed by atoms with Gasteiger partial charge in [0, 0.05) is 12.1 Å². The number of carbonyl (C=O) groups excluding carboxylic acids is 1. The summed E-state index contributed by atoms with van der Waals surface area (Å²) in [6.45, 7) is 6.77. The van der Waals surface area contributed by atoms with Crippen LogP contribution in [0, 0.1) is 5.82 Å². The van der Waals surface area contributed by atoms with E-state index in [0.29, 0.717) is 19.8 Å². The molecule has 0 atom stereocenters. The quantitative estimate of drug-likeness (QED) is 0.608. The number of ether oxygens (including phenoxy) is 2. The summed E-state index contributed by atoms with van der Waals surface area (Å²) in [5.74, 6) is -0.796. The Kier molecular flexibility index (Phi) is 6.02. The van der Waals surface area contributed by atoms with Gasteiger partial charge in [0.2, 0.25) is 0 Å². The number of halogens is 1. The standard InChI is InChI=1S/C14H18FNO3/c1-10(2)9-19-7-6-16-14(17)11-4-5-13(18-3)12(15)8-11/h4-5,8H,1,6-7,9H2,2-3H3,(H,16,17). The Hall–Kier alpha value is -1.88. The summed E-state index contributed by atoms with van der Waals surface area (Å²) < 4.78 is 23.4. The summed E-state index contributed by atoms with van der Waals surface area (Å²) in [6.07, 6.45) is 0. The van der Waals surface area contributed by atoms with Crippen LogP contribution in [0.25, 0.3) is 0 Å². The van der Waals surface area contributed by atoms with Gasteiger partial charge in [-0.1, -0.05) is 12.2 Å². The third kappa shape index (κ3) is 5.09. The molecular formula is C14H18FNO3. The Morgan fingerprint density at radius 2 is 2.21 bits per heavy atom. The van der Waals surface area contributed by atoms with Gasteiger partial charge in [0.15, 0.2) is 11.6 Å². The monoisotopic (exact) mass is 267 g/mol. The molecule has 0 spiro atoms. The van der Waals surface area contributed by atoms with Crippen LogP contribution in [0.2, 0.25) is 0 Å². The molecule has 0 heterocycles. The van der Waals surface area contributed by atoms with Crippen LogP contribution in [0.3, 0.4) is 0 Å². The third-order valence-corrected chi connectivity index (χ3v) is 2.29. The van der Waals surface area contributed by atoms with E-state index in [0.717, 1.165) is 11.6 Å². The second kappa shape index (κ2) is 7.53. The molecule has 0 saturated carbocycles. The van der Waals surface area contributed by atoms with Gasteiger partial charge in [0.1, 0.15) is 0 Å². The van der Waals surface area contributed by atoms with Gasteiger partial charge in [0.05, 0.1) is 20.3 Å². The lowest BCUT2D eigenvalue weighted by Crippen LogP contribution is -2.27. The molecular weight excluding hydrogens is 249 g/mol. The van der Waals surface area contributed by atoms with Gasteiger partial charge in [-0.05, 0) is 25.1 Å². The molecule has 1 N–H and O–H groups in total. The number of hydrogen-bond donors (Lipinski definition) is 1. The van der Waals surface area contributed by atoms with Crippen molar-refractivity contribution in [3.05, 3.63) is 41.7 Å². The van der Waals surface area contributed by atoms with Gasteiger partial charge < -0.3 is 14.8 Å². The summed E-state index contributed by atoms with van der Waals surface area (Å²) in [6, 6.07) is 4.07. The van der Waals surface area contributed by atoms with Gasteiger partial charge in [-0.15, -0.1) is 0 Å². The topological polar surface area (TPSA) is 47.6 Å². The molecule has 0 bridgehead atoms. The van der Waals surface area contributed by atoms with Gasteiger partial charge in [-0.2, -0.15) is 0 Å². The minimum atomic E-state index is -0.561. The van der Waals surface area contributed by atoms with Gasteiger partial charge in [-0.25, -0.2) is 4.39 Å². The van der Waals surface area contributed by atoms with Gasteiger partial charge >= 0.3 is 0 Å². The van der Waals surface area contributed by atoms with Crippen LogP contribution >= 0.6 is 0 Å². The van der Waals surface area contributed by atoms with Crippen molar-refractivity contribution in [2.75, 3.05) is 26.9 Å². The Morgan fingerprint density at radius 1 is 1.47 bits per heavy atom. The van der Waals surface area contributed by atoms with Crippen molar-refractivity contribution in [1.29, 1.82) is 0 Å². The maximum atomic E-state index is 13.4. The first-order valence-corrected chi connectivity index (χ1v) is 5.88. The number of hydrogen-bond acceptors (Lipinski definition) is 3. The molecule has 0 radical (unpaired) electrons. The average molecular weight is 267 g/mol. The Labute approximate surface area is 112 Å². The van der Waals surface area contributed by atoms with E-state index in [2.05, 4.69) is 11.9 Å². The predicted octanol–water partition coefficient (Wildman–Crippen LogP) is 2.16. The fourth-order valence-electron chi connectivity index (χ4n) is 1.39. The fourth-order valence-corrected chi connectivity index (χ4v) is 1.39. The lowest BCUT2D eigenvalue weighted by molar-refractivity contribution is 0.0926. The third-order valence-electron chi connectivity index (χ3n) is 2.29. The Morgan fingerprint density at radius 3 is 2.79 bits per heavy atom. The van der Waals surface area contributed by atoms with Crippen molar-refractivity contribution in [2.24, 2.45) is 0 Å². The van der Waals surface area contributed by atoms with E-state index >= 15 is 0 Å². The molecule has 0 fully saturated rings. The number of benzene rings is 1. The predicted molar refractivity (Wildman–Crippen MR) is 70.9 cm³/mol. The Bertz CT molecular complexity index is 460. The fraction of sp³-hybridized carbons (Fsp3) is 0.357. The van der Waals surface area contributed by atoms with Crippen LogP contribution in [0.15, 0.2) is 30.4 Å². The number of rotatable bonds is 7. The van der Waals surface area contributed by atoms with Crippen LogP contribution in [0.5, 0.6) is 5.75 Å². The molecule has 104 valence electrons. The highest BCUT2D eigenvalue weighted by molar-refractivity contribution is 5.94. The lowest BCUT2D eigenvalue weighted by atomic mass is 10.2. The second-order valence-corrected chi connectivity index (χ2v) is 4.11. The summed E-state index contributed by atoms with van der Waals surface area (Å²) in [5.41, 5.74) is 1.17. The van der Waals surface area contributed by atoms with Crippen LogP contribution in [0.4, 0.5) is 4.39 Å². The zero-order valence-electron chi connectivity index (χ0n) is 11.2. The normalized spacial score (nSPS) is 10.1. The largest absolute Gasteiger partial charge is 0.494 e. The first-order chi connectivity index (χ1) is 9.04. The maximum Gasteiger partial charge on any atom is 0.251 e. The molecule has 19 heavy (non-hydrogen) atoms. The molecule has 0 saturated heterocycles. The van der Waals surface area contributed by atoms with Crippen molar-refractivity contribution >= 4 is 5.91 Å². The van der Waals surface area contributed by atoms with Crippen LogP contribution in [0.1, 0.15) is 17.3 Å². The summed E-state index contributed by atoms with van der Waals surface area (Å²) in [7, 11) is 1.37. The molecule has 0 aliphatic rings. The number of amides is 1. The first kappa shape index (κ1) is 15.2. The molecule has 1 aromatic carbocycles. The number of methoxy groups -OCH3 is 1. The molecule has 0 aliphatic heterocycles. The zero-order valence-corrected chi connectivity index (χ0v) is 11.2. The van der Waals surface area contributed by atoms with Crippen molar-refractivity contribution in [3.63, 3.8) is 0 Å². The van der Waals surface area contributed by atoms with E-state index in [4.69, 9.17) is 9.47 Å². The highest BCUT2D eigenvalue weighted by atomic mass is 19.1. The summed E-state index contributed by atoms with van der Waals surface area (Å²) >= 11 is 0. The Balaban J connectivity index is 2.41. The van der Waals surface area contributed by atoms with Crippen molar-refractivity contribution in [3.8, 4) is 5.75 Å².